The molecule has 1 fully saturated rings. The number of benzene rings is 1. The standard InChI is InChI=1S/C20H19N5O4S2/c21-13-5-2-1-4-11(13)8-14(26)24-15-17(27)25-16(19(28)29)12(9-30-18(15)25)10-31-20-22-6-3-7-23-20/h1-7,15,18H,8-10,21H2,(H,24,26)(H,28,29)/t15?,18-/m0/s1. The van der Waals surface area contributed by atoms with E-state index in [9.17, 15) is 19.5 Å². The molecule has 2 amide bonds. The van der Waals surface area contributed by atoms with E-state index < -0.39 is 23.3 Å². The number of carboxylic acid groups (broad SMARTS) is 1. The molecule has 2 atom stereocenters. The molecule has 1 aromatic carbocycles. The largest absolute Gasteiger partial charge is 0.477 e. The number of carboxylic acids is 1. The molecule has 3 heterocycles. The zero-order chi connectivity index (χ0) is 22.0. The van der Waals surface area contributed by atoms with Crippen molar-refractivity contribution in [3.63, 3.8) is 0 Å². The molecule has 1 aromatic heterocycles. The van der Waals surface area contributed by atoms with Crippen molar-refractivity contribution in [1.82, 2.24) is 20.2 Å². The van der Waals surface area contributed by atoms with Crippen LogP contribution >= 0.6 is 23.5 Å². The monoisotopic (exact) mass is 457 g/mol. The third-order valence-corrected chi connectivity index (χ3v) is 7.19. The zero-order valence-corrected chi connectivity index (χ0v) is 17.9. The molecule has 4 rings (SSSR count). The van der Waals surface area contributed by atoms with E-state index in [0.29, 0.717) is 33.5 Å². The van der Waals surface area contributed by atoms with Gasteiger partial charge >= 0.3 is 5.97 Å². The summed E-state index contributed by atoms with van der Waals surface area (Å²) in [6.45, 7) is 0. The average Bonchev–Trinajstić information content (AvgIpc) is 2.77. The molecule has 0 bridgehead atoms. The highest BCUT2D eigenvalue weighted by Crippen LogP contribution is 2.41. The van der Waals surface area contributed by atoms with Crippen molar-refractivity contribution >= 4 is 47.0 Å². The summed E-state index contributed by atoms with van der Waals surface area (Å²) in [5, 5.41) is 12.5. The van der Waals surface area contributed by atoms with E-state index in [1.54, 1.807) is 42.7 Å². The molecule has 2 aliphatic heterocycles. The quantitative estimate of drug-likeness (QED) is 0.242. The van der Waals surface area contributed by atoms with Crippen molar-refractivity contribution in [3.05, 3.63) is 59.6 Å². The summed E-state index contributed by atoms with van der Waals surface area (Å²) in [4.78, 5) is 46.6. The smallest absolute Gasteiger partial charge is 0.352 e. The van der Waals surface area contributed by atoms with Crippen molar-refractivity contribution < 1.29 is 19.5 Å². The van der Waals surface area contributed by atoms with E-state index in [0.717, 1.165) is 0 Å². The van der Waals surface area contributed by atoms with E-state index in [1.165, 1.54) is 28.4 Å². The number of para-hydroxylation sites is 1. The highest BCUT2D eigenvalue weighted by atomic mass is 32.2. The summed E-state index contributed by atoms with van der Waals surface area (Å²) >= 11 is 2.75. The van der Waals surface area contributed by atoms with Gasteiger partial charge in [-0.15, -0.1) is 11.8 Å². The van der Waals surface area contributed by atoms with Crippen molar-refractivity contribution in [3.8, 4) is 0 Å². The summed E-state index contributed by atoms with van der Waals surface area (Å²) in [5.41, 5.74) is 7.66. The summed E-state index contributed by atoms with van der Waals surface area (Å²) in [6.07, 6.45) is 3.28. The van der Waals surface area contributed by atoms with Gasteiger partial charge in [-0.2, -0.15) is 0 Å². The number of nitrogens with zero attached hydrogens (tertiary/aromatic N) is 3. The lowest BCUT2D eigenvalue weighted by Gasteiger charge is -2.49. The first kappa shape index (κ1) is 21.2. The number of anilines is 1. The molecular formula is C20H19N5O4S2. The first-order chi connectivity index (χ1) is 15.0. The Morgan fingerprint density at radius 3 is 2.71 bits per heavy atom. The minimum absolute atomic E-state index is 0.0185. The Balaban J connectivity index is 1.44. The third-order valence-electron chi connectivity index (χ3n) is 4.89. The molecule has 1 saturated heterocycles. The highest BCUT2D eigenvalue weighted by molar-refractivity contribution is 8.01. The summed E-state index contributed by atoms with van der Waals surface area (Å²) in [6, 6.07) is 7.97. The van der Waals surface area contributed by atoms with Crippen LogP contribution in [0.15, 0.2) is 59.2 Å². The van der Waals surface area contributed by atoms with Gasteiger partial charge in [-0.25, -0.2) is 14.8 Å². The minimum Gasteiger partial charge on any atom is -0.477 e. The van der Waals surface area contributed by atoms with Gasteiger partial charge < -0.3 is 16.2 Å². The number of nitrogens with two attached hydrogens (primary N) is 1. The maximum absolute atomic E-state index is 12.7. The van der Waals surface area contributed by atoms with Crippen LogP contribution in [0.4, 0.5) is 5.69 Å². The van der Waals surface area contributed by atoms with Crippen LogP contribution < -0.4 is 11.1 Å². The Kier molecular flexibility index (Phi) is 6.14. The second kappa shape index (κ2) is 8.98. The number of hydrogen-bond donors (Lipinski definition) is 3. The number of aromatic nitrogens is 2. The molecule has 2 aromatic rings. The maximum atomic E-state index is 12.7. The molecule has 4 N–H and O–H groups in total. The van der Waals surface area contributed by atoms with Crippen LogP contribution in [0.1, 0.15) is 5.56 Å². The first-order valence-electron chi connectivity index (χ1n) is 9.38. The predicted molar refractivity (Wildman–Crippen MR) is 117 cm³/mol. The second-order valence-electron chi connectivity index (χ2n) is 6.91. The van der Waals surface area contributed by atoms with Crippen molar-refractivity contribution in [1.29, 1.82) is 0 Å². The Morgan fingerprint density at radius 2 is 2.00 bits per heavy atom. The number of aliphatic carboxylic acids is 1. The lowest BCUT2D eigenvalue weighted by Crippen LogP contribution is -2.70. The molecule has 0 aliphatic carbocycles. The van der Waals surface area contributed by atoms with Crippen LogP contribution in [0.5, 0.6) is 0 Å². The fourth-order valence-corrected chi connectivity index (χ4v) is 5.69. The van der Waals surface area contributed by atoms with Crippen LogP contribution in [0.2, 0.25) is 0 Å². The van der Waals surface area contributed by atoms with Gasteiger partial charge in [0.05, 0.1) is 6.42 Å². The fraction of sp³-hybridized carbons (Fsp3) is 0.250. The van der Waals surface area contributed by atoms with Crippen LogP contribution in [0.25, 0.3) is 0 Å². The predicted octanol–water partition coefficient (Wildman–Crippen LogP) is 1.13. The number of hydrogen-bond acceptors (Lipinski definition) is 8. The Labute approximate surface area is 186 Å². The molecule has 0 radical (unpaired) electrons. The van der Waals surface area contributed by atoms with Crippen LogP contribution in [-0.2, 0) is 20.8 Å². The highest BCUT2D eigenvalue weighted by Gasteiger charge is 2.54. The van der Waals surface area contributed by atoms with Gasteiger partial charge in [0, 0.05) is 29.6 Å². The minimum atomic E-state index is -1.16. The SMILES string of the molecule is Nc1ccccc1CC(=O)NC1C(=O)N2C(C(=O)O)=C(CSc3ncccn3)CS[C@@H]12. The van der Waals surface area contributed by atoms with Gasteiger partial charge in [0.1, 0.15) is 17.1 Å². The number of carbonyl (C=O) groups excluding carboxylic acids is 2. The van der Waals surface area contributed by atoms with Gasteiger partial charge in [-0.3, -0.25) is 14.5 Å². The fourth-order valence-electron chi connectivity index (χ4n) is 3.40. The molecule has 11 heteroatoms. The molecule has 160 valence electrons. The maximum Gasteiger partial charge on any atom is 0.352 e. The van der Waals surface area contributed by atoms with E-state index in [2.05, 4.69) is 15.3 Å². The summed E-state index contributed by atoms with van der Waals surface area (Å²) in [5.74, 6) is -1.12. The number of nitrogens with one attached hydrogen (secondary N) is 1. The number of nitrogen functional groups attached to an aromatic ring is 1. The molecule has 0 spiro atoms. The number of fused-ring (bicyclic) bond motifs is 1. The van der Waals surface area contributed by atoms with Crippen LogP contribution in [-0.4, -0.2) is 60.7 Å². The number of amides is 2. The van der Waals surface area contributed by atoms with Gasteiger partial charge in [-0.05, 0) is 23.3 Å². The molecule has 31 heavy (non-hydrogen) atoms. The number of carbonyl (C=O) groups is 3. The van der Waals surface area contributed by atoms with Gasteiger partial charge in [0.2, 0.25) is 5.91 Å². The summed E-state index contributed by atoms with van der Waals surface area (Å²) in [7, 11) is 0. The second-order valence-corrected chi connectivity index (χ2v) is 8.96. The molecule has 9 nitrogen and oxygen atoms in total. The third kappa shape index (κ3) is 4.37. The van der Waals surface area contributed by atoms with Gasteiger partial charge in [0.25, 0.3) is 5.91 Å². The first-order valence-corrected chi connectivity index (χ1v) is 11.4. The summed E-state index contributed by atoms with van der Waals surface area (Å²) < 4.78 is 0. The Bertz CT molecular complexity index is 1060. The van der Waals surface area contributed by atoms with Crippen molar-refractivity contribution in [2.24, 2.45) is 0 Å². The van der Waals surface area contributed by atoms with Crippen LogP contribution in [0.3, 0.4) is 0 Å². The topological polar surface area (TPSA) is 139 Å². The zero-order valence-electron chi connectivity index (χ0n) is 16.2. The Morgan fingerprint density at radius 1 is 1.26 bits per heavy atom. The Hall–Kier alpha value is -3.05. The molecule has 2 aliphatic rings. The molecule has 0 saturated carbocycles. The van der Waals surface area contributed by atoms with E-state index >= 15 is 0 Å². The normalized spacial score (nSPS) is 20.1. The lowest BCUT2D eigenvalue weighted by molar-refractivity contribution is -0.150. The number of thioether (sulfide) groups is 2. The van der Waals surface area contributed by atoms with E-state index in [4.69, 9.17) is 5.73 Å². The average molecular weight is 458 g/mol. The van der Waals surface area contributed by atoms with Crippen LogP contribution in [0, 0.1) is 0 Å². The van der Waals surface area contributed by atoms with Gasteiger partial charge in [-0.1, -0.05) is 30.0 Å². The number of β-lactam (4-membered cyclic amide) rings is 1. The molecular weight excluding hydrogens is 438 g/mol. The van der Waals surface area contributed by atoms with E-state index in [-0.39, 0.29) is 18.0 Å². The van der Waals surface area contributed by atoms with Gasteiger partial charge in [0.15, 0.2) is 5.16 Å². The van der Waals surface area contributed by atoms with E-state index in [1.807, 2.05) is 0 Å². The molecule has 1 unspecified atom stereocenters. The van der Waals surface area contributed by atoms with Crippen molar-refractivity contribution in [2.45, 2.75) is 23.0 Å². The lowest BCUT2D eigenvalue weighted by atomic mass is 10.0. The van der Waals surface area contributed by atoms with Crippen molar-refractivity contribution in [2.75, 3.05) is 17.2 Å². The number of rotatable bonds is 7.